The summed E-state index contributed by atoms with van der Waals surface area (Å²) in [5.74, 6) is -0.169. The SMILES string of the molecule is COc1c(C)n(CCNc2cc(-c3nc(OC(C)C)c(C(=O)O)s3)ncn2)c2c(F)cccc12. The zero-order valence-corrected chi connectivity index (χ0v) is 19.9. The highest BCUT2D eigenvalue weighted by Gasteiger charge is 2.22. The normalized spacial score (nSPS) is 11.2. The van der Waals surface area contributed by atoms with Crippen molar-refractivity contribution < 1.29 is 23.8 Å². The highest BCUT2D eigenvalue weighted by Crippen LogP contribution is 2.34. The van der Waals surface area contributed by atoms with E-state index in [0.29, 0.717) is 40.9 Å². The zero-order chi connectivity index (χ0) is 24.4. The summed E-state index contributed by atoms with van der Waals surface area (Å²) in [7, 11) is 1.57. The van der Waals surface area contributed by atoms with Crippen molar-refractivity contribution in [3.05, 3.63) is 47.0 Å². The summed E-state index contributed by atoms with van der Waals surface area (Å²) in [6.45, 7) is 6.42. The molecule has 0 unspecified atom stereocenters. The lowest BCUT2D eigenvalue weighted by molar-refractivity contribution is 0.0695. The Morgan fingerprint density at radius 3 is 2.82 bits per heavy atom. The van der Waals surface area contributed by atoms with Crippen molar-refractivity contribution in [1.82, 2.24) is 19.5 Å². The monoisotopic (exact) mass is 485 g/mol. The number of benzene rings is 1. The van der Waals surface area contributed by atoms with Crippen LogP contribution in [-0.4, -0.2) is 50.4 Å². The molecule has 2 N–H and O–H groups in total. The number of methoxy groups -OCH3 is 1. The van der Waals surface area contributed by atoms with Crippen LogP contribution in [-0.2, 0) is 6.54 Å². The lowest BCUT2D eigenvalue weighted by Gasteiger charge is -2.11. The molecule has 3 heterocycles. The first-order valence-electron chi connectivity index (χ1n) is 10.6. The lowest BCUT2D eigenvalue weighted by Crippen LogP contribution is -2.13. The summed E-state index contributed by atoms with van der Waals surface area (Å²) in [6.07, 6.45) is 1.16. The van der Waals surface area contributed by atoms with E-state index in [1.807, 2.05) is 17.6 Å². The molecule has 34 heavy (non-hydrogen) atoms. The van der Waals surface area contributed by atoms with E-state index in [2.05, 4.69) is 20.3 Å². The van der Waals surface area contributed by atoms with Crippen LogP contribution in [0, 0.1) is 12.7 Å². The Labute approximate surface area is 199 Å². The first-order chi connectivity index (χ1) is 16.3. The van der Waals surface area contributed by atoms with Gasteiger partial charge in [-0.25, -0.2) is 19.2 Å². The van der Waals surface area contributed by atoms with Gasteiger partial charge in [0.15, 0.2) is 4.88 Å². The average molecular weight is 486 g/mol. The standard InChI is InChI=1S/C23H24FN5O4S/c1-12(2)33-21-20(23(30)31)34-22(28-21)16-10-17(27-11-26-16)25-8-9-29-13(3)19(32-4)14-6-5-7-15(24)18(14)29/h5-7,10-12H,8-9H2,1-4H3,(H,30,31)(H,25,26,27). The number of ether oxygens (including phenoxy) is 2. The van der Waals surface area contributed by atoms with Gasteiger partial charge in [-0.3, -0.25) is 0 Å². The Morgan fingerprint density at radius 1 is 1.32 bits per heavy atom. The number of rotatable bonds is 9. The average Bonchev–Trinajstić information content (AvgIpc) is 3.33. The molecular formula is C23H24FN5O4S. The summed E-state index contributed by atoms with van der Waals surface area (Å²) < 4.78 is 27.5. The molecule has 0 atom stereocenters. The number of hydrogen-bond donors (Lipinski definition) is 2. The molecule has 0 aliphatic carbocycles. The Hall–Kier alpha value is -3.73. The number of nitrogens with one attached hydrogen (secondary N) is 1. The molecule has 0 saturated heterocycles. The van der Waals surface area contributed by atoms with Crippen molar-refractivity contribution in [2.24, 2.45) is 0 Å². The van der Waals surface area contributed by atoms with E-state index < -0.39 is 5.97 Å². The van der Waals surface area contributed by atoms with Crippen molar-refractivity contribution in [1.29, 1.82) is 0 Å². The highest BCUT2D eigenvalue weighted by molar-refractivity contribution is 7.17. The number of halogens is 1. The number of nitrogens with zero attached hydrogens (tertiary/aromatic N) is 4. The second kappa shape index (κ2) is 9.64. The minimum Gasteiger partial charge on any atom is -0.494 e. The van der Waals surface area contributed by atoms with Crippen molar-refractivity contribution in [3.63, 3.8) is 0 Å². The van der Waals surface area contributed by atoms with Crippen LogP contribution >= 0.6 is 11.3 Å². The minimum atomic E-state index is -1.11. The summed E-state index contributed by atoms with van der Waals surface area (Å²) in [6, 6.07) is 6.61. The fraction of sp³-hybridized carbons (Fsp3) is 0.304. The molecule has 0 amide bonds. The molecule has 0 saturated carbocycles. The third-order valence-electron chi connectivity index (χ3n) is 5.10. The van der Waals surface area contributed by atoms with Gasteiger partial charge in [0.25, 0.3) is 0 Å². The van der Waals surface area contributed by atoms with Gasteiger partial charge in [0.05, 0.1) is 24.4 Å². The molecule has 0 aliphatic rings. The largest absolute Gasteiger partial charge is 0.494 e. The number of para-hydroxylation sites is 1. The van der Waals surface area contributed by atoms with Crippen molar-refractivity contribution in [3.8, 4) is 22.3 Å². The Bertz CT molecular complexity index is 1350. The second-order valence-corrected chi connectivity index (χ2v) is 8.75. The zero-order valence-electron chi connectivity index (χ0n) is 19.1. The van der Waals surface area contributed by atoms with Crippen LogP contribution in [0.1, 0.15) is 29.2 Å². The van der Waals surface area contributed by atoms with Crippen LogP contribution in [0.3, 0.4) is 0 Å². The number of fused-ring (bicyclic) bond motifs is 1. The molecule has 11 heteroatoms. The predicted octanol–water partition coefficient (Wildman–Crippen LogP) is 4.61. The summed E-state index contributed by atoms with van der Waals surface area (Å²) in [5.41, 5.74) is 1.79. The van der Waals surface area contributed by atoms with E-state index in [9.17, 15) is 14.3 Å². The Balaban J connectivity index is 1.54. The van der Waals surface area contributed by atoms with Crippen molar-refractivity contribution in [2.75, 3.05) is 19.0 Å². The van der Waals surface area contributed by atoms with Gasteiger partial charge >= 0.3 is 5.97 Å². The molecule has 9 nitrogen and oxygen atoms in total. The van der Waals surface area contributed by atoms with E-state index in [1.165, 1.54) is 12.4 Å². The van der Waals surface area contributed by atoms with Crippen LogP contribution in [0.15, 0.2) is 30.6 Å². The highest BCUT2D eigenvalue weighted by atomic mass is 32.1. The summed E-state index contributed by atoms with van der Waals surface area (Å²) >= 11 is 0.989. The van der Waals surface area contributed by atoms with E-state index >= 15 is 0 Å². The number of hydrogen-bond acceptors (Lipinski definition) is 8. The maximum Gasteiger partial charge on any atom is 0.351 e. The predicted molar refractivity (Wildman–Crippen MR) is 128 cm³/mol. The molecule has 1 aromatic carbocycles. The molecule has 0 fully saturated rings. The molecule has 178 valence electrons. The van der Waals surface area contributed by atoms with Gasteiger partial charge < -0.3 is 24.5 Å². The molecule has 0 radical (unpaired) electrons. The third kappa shape index (κ3) is 4.51. The van der Waals surface area contributed by atoms with E-state index in [-0.39, 0.29) is 22.7 Å². The van der Waals surface area contributed by atoms with Gasteiger partial charge in [-0.2, -0.15) is 4.98 Å². The summed E-state index contributed by atoms with van der Waals surface area (Å²) in [5, 5.41) is 13.8. The topological polar surface area (TPSA) is 111 Å². The maximum absolute atomic E-state index is 14.6. The smallest absolute Gasteiger partial charge is 0.351 e. The molecule has 4 aromatic rings. The van der Waals surface area contributed by atoms with Crippen LogP contribution in [0.5, 0.6) is 11.6 Å². The van der Waals surface area contributed by atoms with Crippen LogP contribution in [0.25, 0.3) is 21.6 Å². The number of carboxylic acid groups (broad SMARTS) is 1. The van der Waals surface area contributed by atoms with Crippen LogP contribution < -0.4 is 14.8 Å². The van der Waals surface area contributed by atoms with E-state index in [4.69, 9.17) is 9.47 Å². The van der Waals surface area contributed by atoms with Gasteiger partial charge in [0, 0.05) is 24.5 Å². The quantitative estimate of drug-likeness (QED) is 0.354. The summed E-state index contributed by atoms with van der Waals surface area (Å²) in [4.78, 5) is 24.4. The van der Waals surface area contributed by atoms with Gasteiger partial charge in [-0.1, -0.05) is 6.07 Å². The van der Waals surface area contributed by atoms with Gasteiger partial charge in [0.1, 0.15) is 34.4 Å². The fourth-order valence-corrected chi connectivity index (χ4v) is 4.52. The van der Waals surface area contributed by atoms with Crippen molar-refractivity contribution in [2.45, 2.75) is 33.4 Å². The minimum absolute atomic E-state index is 0.0164. The second-order valence-electron chi connectivity index (χ2n) is 7.75. The fourth-order valence-electron chi connectivity index (χ4n) is 3.72. The number of anilines is 1. The Kier molecular flexibility index (Phi) is 6.64. The number of thiazole rings is 1. The molecule has 0 bridgehead atoms. The number of aromatic nitrogens is 4. The van der Waals surface area contributed by atoms with Gasteiger partial charge in [0.2, 0.25) is 5.88 Å². The first kappa shape index (κ1) is 23.4. The van der Waals surface area contributed by atoms with E-state index in [0.717, 1.165) is 22.4 Å². The number of carbonyl (C=O) groups is 1. The lowest BCUT2D eigenvalue weighted by atomic mass is 10.2. The van der Waals surface area contributed by atoms with E-state index in [1.54, 1.807) is 33.1 Å². The number of carboxylic acids is 1. The van der Waals surface area contributed by atoms with Gasteiger partial charge in [-0.05, 0) is 32.9 Å². The molecule has 4 rings (SSSR count). The van der Waals surface area contributed by atoms with Gasteiger partial charge in [-0.15, -0.1) is 11.3 Å². The third-order valence-corrected chi connectivity index (χ3v) is 6.15. The molecule has 3 aromatic heterocycles. The molecule has 0 aliphatic heterocycles. The van der Waals surface area contributed by atoms with Crippen molar-refractivity contribution >= 4 is 34.0 Å². The first-order valence-corrected chi connectivity index (χ1v) is 11.4. The van der Waals surface area contributed by atoms with Crippen LogP contribution in [0.4, 0.5) is 10.2 Å². The van der Waals surface area contributed by atoms with Crippen LogP contribution in [0.2, 0.25) is 0 Å². The maximum atomic E-state index is 14.6. The molecule has 0 spiro atoms. The Morgan fingerprint density at radius 2 is 2.12 bits per heavy atom. The number of aromatic carboxylic acids is 1. The molecular weight excluding hydrogens is 461 g/mol.